The molecule has 0 heterocycles. The molecule has 0 aliphatic heterocycles. The largest absolute Gasteiger partial charge is 0.497 e. The number of methoxy groups -OCH3 is 1. The van der Waals surface area contributed by atoms with Crippen molar-refractivity contribution in [1.82, 2.24) is 0 Å². The molecule has 0 saturated heterocycles. The van der Waals surface area contributed by atoms with Gasteiger partial charge in [0.05, 0.1) is 7.11 Å². The summed E-state index contributed by atoms with van der Waals surface area (Å²) >= 11 is 0. The van der Waals surface area contributed by atoms with Gasteiger partial charge >= 0.3 is 5.97 Å². The smallest absolute Gasteiger partial charge is 0.349 e. The van der Waals surface area contributed by atoms with E-state index in [1.54, 1.807) is 43.5 Å². The summed E-state index contributed by atoms with van der Waals surface area (Å²) in [4.78, 5) is 11.5. The summed E-state index contributed by atoms with van der Waals surface area (Å²) < 4.78 is 10.7. The van der Waals surface area contributed by atoms with Crippen molar-refractivity contribution in [3.05, 3.63) is 59.7 Å². The van der Waals surface area contributed by atoms with Gasteiger partial charge in [0.15, 0.2) is 0 Å². The average Bonchev–Trinajstić information content (AvgIpc) is 2.52. The summed E-state index contributed by atoms with van der Waals surface area (Å²) in [5.41, 5.74) is 1.78. The second-order valence-corrected chi connectivity index (χ2v) is 6.38. The molecule has 0 spiro atoms. The fourth-order valence-corrected chi connectivity index (χ4v) is 2.21. The lowest BCUT2D eigenvalue weighted by Crippen LogP contribution is -2.18. The van der Waals surface area contributed by atoms with Crippen LogP contribution in [0.1, 0.15) is 38.0 Å². The van der Waals surface area contributed by atoms with E-state index in [2.05, 4.69) is 20.8 Å². The Bertz CT molecular complexity index is 651. The van der Waals surface area contributed by atoms with E-state index in [-0.39, 0.29) is 5.41 Å². The molecule has 1 atom stereocenters. The van der Waals surface area contributed by atoms with Crippen LogP contribution in [0, 0.1) is 0 Å². The number of rotatable bonds is 5. The molecule has 2 aromatic rings. The number of hydrogen-bond acceptors (Lipinski definition) is 3. The van der Waals surface area contributed by atoms with E-state index in [1.165, 1.54) is 5.56 Å². The highest BCUT2D eigenvalue weighted by Crippen LogP contribution is 2.27. The van der Waals surface area contributed by atoms with Crippen LogP contribution in [-0.2, 0) is 10.2 Å². The van der Waals surface area contributed by atoms with Crippen molar-refractivity contribution in [2.24, 2.45) is 0 Å². The molecule has 23 heavy (non-hydrogen) atoms. The molecule has 0 saturated carbocycles. The maximum atomic E-state index is 11.5. The quantitative estimate of drug-likeness (QED) is 0.898. The minimum Gasteiger partial charge on any atom is -0.497 e. The Labute approximate surface area is 136 Å². The average molecular weight is 314 g/mol. The van der Waals surface area contributed by atoms with Gasteiger partial charge in [-0.25, -0.2) is 4.79 Å². The topological polar surface area (TPSA) is 55.8 Å². The Morgan fingerprint density at radius 2 is 1.48 bits per heavy atom. The van der Waals surface area contributed by atoms with Gasteiger partial charge in [0.25, 0.3) is 0 Å². The molecule has 0 radical (unpaired) electrons. The van der Waals surface area contributed by atoms with E-state index in [0.717, 1.165) is 0 Å². The molecule has 0 amide bonds. The van der Waals surface area contributed by atoms with E-state index < -0.39 is 12.1 Å². The fourth-order valence-electron chi connectivity index (χ4n) is 2.21. The standard InChI is InChI=1S/C19H22O4/c1-19(2,3)14-7-11-16(12-8-14)23-17(18(20)21)13-5-9-15(22-4)10-6-13/h5-12,17H,1-4H3,(H,20,21). The van der Waals surface area contributed by atoms with Crippen molar-refractivity contribution >= 4 is 5.97 Å². The van der Waals surface area contributed by atoms with Gasteiger partial charge in [-0.2, -0.15) is 0 Å². The van der Waals surface area contributed by atoms with Gasteiger partial charge < -0.3 is 14.6 Å². The second-order valence-electron chi connectivity index (χ2n) is 6.38. The zero-order valence-electron chi connectivity index (χ0n) is 13.9. The normalized spacial score (nSPS) is 12.5. The number of benzene rings is 2. The Kier molecular flexibility index (Phi) is 4.94. The van der Waals surface area contributed by atoms with E-state index in [1.807, 2.05) is 12.1 Å². The lowest BCUT2D eigenvalue weighted by atomic mass is 9.87. The van der Waals surface area contributed by atoms with Crippen LogP contribution in [0.3, 0.4) is 0 Å². The number of aliphatic carboxylic acids is 1. The van der Waals surface area contributed by atoms with Crippen molar-refractivity contribution in [2.75, 3.05) is 7.11 Å². The predicted molar refractivity (Wildman–Crippen MR) is 89.1 cm³/mol. The summed E-state index contributed by atoms with van der Waals surface area (Å²) in [6.45, 7) is 6.38. The van der Waals surface area contributed by atoms with Crippen LogP contribution >= 0.6 is 0 Å². The highest BCUT2D eigenvalue weighted by molar-refractivity contribution is 5.75. The SMILES string of the molecule is COc1ccc(C(Oc2ccc(C(C)(C)C)cc2)C(=O)O)cc1. The summed E-state index contributed by atoms with van der Waals surface area (Å²) in [7, 11) is 1.57. The van der Waals surface area contributed by atoms with Crippen molar-refractivity contribution in [3.63, 3.8) is 0 Å². The first-order valence-electron chi connectivity index (χ1n) is 7.45. The Hall–Kier alpha value is -2.49. The first-order valence-corrected chi connectivity index (χ1v) is 7.45. The number of hydrogen-bond donors (Lipinski definition) is 1. The lowest BCUT2D eigenvalue weighted by Gasteiger charge is -2.20. The highest BCUT2D eigenvalue weighted by Gasteiger charge is 2.22. The van der Waals surface area contributed by atoms with Crippen molar-refractivity contribution < 1.29 is 19.4 Å². The zero-order valence-corrected chi connectivity index (χ0v) is 13.9. The van der Waals surface area contributed by atoms with Crippen LogP contribution in [0.4, 0.5) is 0 Å². The minimum atomic E-state index is -1.05. The Balaban J connectivity index is 2.20. The van der Waals surface area contributed by atoms with Crippen molar-refractivity contribution in [1.29, 1.82) is 0 Å². The third-order valence-electron chi connectivity index (χ3n) is 3.62. The molecule has 0 aromatic heterocycles. The maximum Gasteiger partial charge on any atom is 0.349 e. The molecule has 4 nitrogen and oxygen atoms in total. The Morgan fingerprint density at radius 3 is 1.91 bits per heavy atom. The number of carboxylic acid groups (broad SMARTS) is 1. The number of carbonyl (C=O) groups is 1. The summed E-state index contributed by atoms with van der Waals surface area (Å²) in [5, 5.41) is 9.44. The summed E-state index contributed by atoms with van der Waals surface area (Å²) in [6.07, 6.45) is -1.05. The summed E-state index contributed by atoms with van der Waals surface area (Å²) in [5.74, 6) is 0.170. The van der Waals surface area contributed by atoms with Crippen molar-refractivity contribution in [2.45, 2.75) is 32.3 Å². The van der Waals surface area contributed by atoms with Crippen LogP contribution in [0.25, 0.3) is 0 Å². The molecule has 4 heteroatoms. The number of ether oxygens (including phenoxy) is 2. The Morgan fingerprint density at radius 1 is 0.957 bits per heavy atom. The minimum absolute atomic E-state index is 0.0424. The van der Waals surface area contributed by atoms with Crippen LogP contribution < -0.4 is 9.47 Å². The molecule has 2 aromatic carbocycles. The van der Waals surface area contributed by atoms with Crippen LogP contribution in [0.15, 0.2) is 48.5 Å². The molecular weight excluding hydrogens is 292 g/mol. The highest BCUT2D eigenvalue weighted by atomic mass is 16.5. The van der Waals surface area contributed by atoms with Gasteiger partial charge in [0.2, 0.25) is 6.10 Å². The van der Waals surface area contributed by atoms with E-state index in [4.69, 9.17) is 9.47 Å². The molecule has 1 unspecified atom stereocenters. The van der Waals surface area contributed by atoms with Gasteiger partial charge in [-0.05, 0) is 35.2 Å². The third-order valence-corrected chi connectivity index (χ3v) is 3.62. The third kappa shape index (κ3) is 4.25. The predicted octanol–water partition coefficient (Wildman–Crippen LogP) is 4.20. The van der Waals surface area contributed by atoms with Gasteiger partial charge in [0.1, 0.15) is 11.5 Å². The van der Waals surface area contributed by atoms with Crippen LogP contribution in [0.5, 0.6) is 11.5 Å². The van der Waals surface area contributed by atoms with Crippen LogP contribution in [0.2, 0.25) is 0 Å². The summed E-state index contributed by atoms with van der Waals surface area (Å²) in [6, 6.07) is 14.4. The first kappa shape index (κ1) is 16.9. The molecule has 0 fully saturated rings. The molecule has 0 aliphatic carbocycles. The fraction of sp³-hybridized carbons (Fsp3) is 0.316. The van der Waals surface area contributed by atoms with Gasteiger partial charge in [-0.3, -0.25) is 0 Å². The van der Waals surface area contributed by atoms with E-state index in [0.29, 0.717) is 17.1 Å². The molecule has 0 bridgehead atoms. The monoisotopic (exact) mass is 314 g/mol. The molecule has 122 valence electrons. The van der Waals surface area contributed by atoms with E-state index in [9.17, 15) is 9.90 Å². The molecule has 0 aliphatic rings. The van der Waals surface area contributed by atoms with Crippen molar-refractivity contribution in [3.8, 4) is 11.5 Å². The maximum absolute atomic E-state index is 11.5. The van der Waals surface area contributed by atoms with Gasteiger partial charge in [-0.15, -0.1) is 0 Å². The molecule has 1 N–H and O–H groups in total. The number of carboxylic acids is 1. The first-order chi connectivity index (χ1) is 10.8. The van der Waals surface area contributed by atoms with E-state index >= 15 is 0 Å². The molecular formula is C19H22O4. The molecule has 2 rings (SSSR count). The van der Waals surface area contributed by atoms with Crippen LogP contribution in [-0.4, -0.2) is 18.2 Å². The van der Waals surface area contributed by atoms with Gasteiger partial charge in [0, 0.05) is 5.56 Å². The van der Waals surface area contributed by atoms with Gasteiger partial charge in [-0.1, -0.05) is 45.0 Å². The zero-order chi connectivity index (χ0) is 17.0. The second kappa shape index (κ2) is 6.73. The lowest BCUT2D eigenvalue weighted by molar-refractivity contribution is -0.145.